The van der Waals surface area contributed by atoms with E-state index < -0.39 is 6.10 Å². The Kier molecular flexibility index (Phi) is 3.73. The van der Waals surface area contributed by atoms with Gasteiger partial charge in [-0.25, -0.2) is 4.68 Å². The zero-order valence-corrected chi connectivity index (χ0v) is 11.9. The van der Waals surface area contributed by atoms with Crippen molar-refractivity contribution in [2.75, 3.05) is 14.1 Å². The summed E-state index contributed by atoms with van der Waals surface area (Å²) in [5, 5.41) is 15.0. The molecule has 0 bridgehead atoms. The monoisotopic (exact) mass is 259 g/mol. The van der Waals surface area contributed by atoms with Gasteiger partial charge in [-0.05, 0) is 46.1 Å². The first-order valence-corrected chi connectivity index (χ1v) is 6.39. The van der Waals surface area contributed by atoms with E-state index in [4.69, 9.17) is 0 Å². The van der Waals surface area contributed by atoms with Crippen molar-refractivity contribution in [2.24, 2.45) is 0 Å². The molecule has 4 heteroatoms. The second-order valence-electron chi connectivity index (χ2n) is 5.45. The molecule has 1 heterocycles. The maximum atomic E-state index is 10.6. The van der Waals surface area contributed by atoms with Gasteiger partial charge in [0.1, 0.15) is 6.10 Å². The van der Waals surface area contributed by atoms with Crippen molar-refractivity contribution in [3.8, 4) is 5.69 Å². The molecule has 0 saturated carbocycles. The quantitative estimate of drug-likeness (QED) is 0.915. The van der Waals surface area contributed by atoms with Crippen LogP contribution in [0.5, 0.6) is 0 Å². The molecule has 1 aromatic carbocycles. The van der Waals surface area contributed by atoms with Crippen LogP contribution in [0, 0.1) is 0 Å². The number of rotatable bonds is 4. The maximum Gasteiger partial charge on any atom is 0.114 e. The highest BCUT2D eigenvalue weighted by atomic mass is 16.3. The summed E-state index contributed by atoms with van der Waals surface area (Å²) in [5.41, 5.74) is 1.38. The minimum atomic E-state index is -0.620. The van der Waals surface area contributed by atoms with Gasteiger partial charge in [0.25, 0.3) is 0 Å². The number of aromatic nitrogens is 2. The largest absolute Gasteiger partial charge is 0.385 e. The molecule has 0 aliphatic rings. The SMILES string of the molecule is CN(C)C(C)(C)C(O)c1ccnn1-c1ccccc1. The summed E-state index contributed by atoms with van der Waals surface area (Å²) in [5.74, 6) is 0. The van der Waals surface area contributed by atoms with E-state index in [1.165, 1.54) is 0 Å². The van der Waals surface area contributed by atoms with Gasteiger partial charge in [0.2, 0.25) is 0 Å². The van der Waals surface area contributed by atoms with Crippen molar-refractivity contribution < 1.29 is 5.11 Å². The second kappa shape index (κ2) is 5.15. The smallest absolute Gasteiger partial charge is 0.114 e. The van der Waals surface area contributed by atoms with Crippen LogP contribution in [0.3, 0.4) is 0 Å². The number of hydrogen-bond donors (Lipinski definition) is 1. The zero-order chi connectivity index (χ0) is 14.0. The number of likely N-dealkylation sites (N-methyl/N-ethyl adjacent to an activating group) is 1. The molecule has 1 atom stereocenters. The molecule has 0 fully saturated rings. The fourth-order valence-corrected chi connectivity index (χ4v) is 1.91. The van der Waals surface area contributed by atoms with E-state index in [0.29, 0.717) is 0 Å². The van der Waals surface area contributed by atoms with Crippen LogP contribution in [0.1, 0.15) is 25.6 Å². The average Bonchev–Trinajstić information content (AvgIpc) is 2.87. The minimum absolute atomic E-state index is 0.368. The third-order valence-corrected chi connectivity index (χ3v) is 3.77. The lowest BCUT2D eigenvalue weighted by Crippen LogP contribution is -2.44. The normalized spacial score (nSPS) is 13.8. The number of benzene rings is 1. The van der Waals surface area contributed by atoms with Crippen LogP contribution >= 0.6 is 0 Å². The van der Waals surface area contributed by atoms with Crippen molar-refractivity contribution in [2.45, 2.75) is 25.5 Å². The van der Waals surface area contributed by atoms with E-state index in [1.807, 2.05) is 69.2 Å². The molecular formula is C15H21N3O. The Bertz CT molecular complexity index is 531. The van der Waals surface area contributed by atoms with Gasteiger partial charge in [-0.2, -0.15) is 5.10 Å². The van der Waals surface area contributed by atoms with E-state index >= 15 is 0 Å². The van der Waals surface area contributed by atoms with Gasteiger partial charge in [0, 0.05) is 11.7 Å². The van der Waals surface area contributed by atoms with Crippen LogP contribution in [0.15, 0.2) is 42.6 Å². The zero-order valence-electron chi connectivity index (χ0n) is 11.9. The number of aliphatic hydroxyl groups excluding tert-OH is 1. The van der Waals surface area contributed by atoms with Gasteiger partial charge in [0.05, 0.1) is 11.4 Å². The fraction of sp³-hybridized carbons (Fsp3) is 0.400. The topological polar surface area (TPSA) is 41.3 Å². The fourth-order valence-electron chi connectivity index (χ4n) is 1.91. The summed E-state index contributed by atoms with van der Waals surface area (Å²) in [6.07, 6.45) is 1.10. The molecule has 1 aromatic heterocycles. The number of aliphatic hydroxyl groups is 1. The Balaban J connectivity index is 2.41. The molecule has 1 unspecified atom stereocenters. The lowest BCUT2D eigenvalue weighted by molar-refractivity contribution is 0.0121. The van der Waals surface area contributed by atoms with E-state index in [2.05, 4.69) is 5.10 Å². The Morgan fingerprint density at radius 1 is 1.16 bits per heavy atom. The van der Waals surface area contributed by atoms with Crippen LogP contribution in [-0.2, 0) is 0 Å². The third-order valence-electron chi connectivity index (χ3n) is 3.77. The summed E-state index contributed by atoms with van der Waals surface area (Å²) in [6.45, 7) is 4.03. The first kappa shape index (κ1) is 13.8. The Hall–Kier alpha value is -1.65. The average molecular weight is 259 g/mol. The van der Waals surface area contributed by atoms with Gasteiger partial charge in [-0.3, -0.25) is 0 Å². The summed E-state index contributed by atoms with van der Waals surface area (Å²) >= 11 is 0. The van der Waals surface area contributed by atoms with Gasteiger partial charge < -0.3 is 10.0 Å². The molecule has 102 valence electrons. The predicted molar refractivity (Wildman–Crippen MR) is 76.3 cm³/mol. The van der Waals surface area contributed by atoms with Crippen molar-refractivity contribution in [1.29, 1.82) is 0 Å². The Labute approximate surface area is 114 Å². The Morgan fingerprint density at radius 3 is 2.37 bits per heavy atom. The standard InChI is InChI=1S/C15H21N3O/c1-15(2,17(3)4)14(19)13-10-11-16-18(13)12-8-6-5-7-9-12/h5-11,14,19H,1-4H3. The van der Waals surface area contributed by atoms with Gasteiger partial charge in [-0.15, -0.1) is 0 Å². The first-order valence-electron chi connectivity index (χ1n) is 6.39. The van der Waals surface area contributed by atoms with Crippen LogP contribution < -0.4 is 0 Å². The van der Waals surface area contributed by atoms with Crippen molar-refractivity contribution in [3.05, 3.63) is 48.3 Å². The third kappa shape index (κ3) is 2.55. The van der Waals surface area contributed by atoms with Gasteiger partial charge in [-0.1, -0.05) is 18.2 Å². The van der Waals surface area contributed by atoms with Crippen molar-refractivity contribution in [3.63, 3.8) is 0 Å². The molecule has 1 N–H and O–H groups in total. The molecule has 0 aliphatic heterocycles. The lowest BCUT2D eigenvalue weighted by atomic mass is 9.93. The van der Waals surface area contributed by atoms with Crippen LogP contribution in [0.25, 0.3) is 5.69 Å². The maximum absolute atomic E-state index is 10.6. The molecule has 2 rings (SSSR count). The summed E-state index contributed by atoms with van der Waals surface area (Å²) < 4.78 is 1.79. The number of hydrogen-bond acceptors (Lipinski definition) is 3. The highest BCUT2D eigenvalue weighted by Gasteiger charge is 2.33. The number of nitrogens with zero attached hydrogens (tertiary/aromatic N) is 3. The van der Waals surface area contributed by atoms with Crippen LogP contribution in [-0.4, -0.2) is 39.4 Å². The van der Waals surface area contributed by atoms with Gasteiger partial charge in [0.15, 0.2) is 0 Å². The molecule has 0 radical (unpaired) electrons. The van der Waals surface area contributed by atoms with Gasteiger partial charge >= 0.3 is 0 Å². The molecular weight excluding hydrogens is 238 g/mol. The summed E-state index contributed by atoms with van der Waals surface area (Å²) in [6, 6.07) is 11.7. The number of para-hydroxylation sites is 1. The molecule has 0 amide bonds. The summed E-state index contributed by atoms with van der Waals surface area (Å²) in [4.78, 5) is 2.01. The minimum Gasteiger partial charge on any atom is -0.385 e. The van der Waals surface area contributed by atoms with E-state index in [1.54, 1.807) is 10.9 Å². The predicted octanol–water partition coefficient (Wildman–Crippen LogP) is 2.25. The van der Waals surface area contributed by atoms with Crippen molar-refractivity contribution in [1.82, 2.24) is 14.7 Å². The lowest BCUT2D eigenvalue weighted by Gasteiger charge is -2.37. The Morgan fingerprint density at radius 2 is 1.79 bits per heavy atom. The first-order chi connectivity index (χ1) is 8.94. The van der Waals surface area contributed by atoms with Crippen LogP contribution in [0.4, 0.5) is 0 Å². The van der Waals surface area contributed by atoms with E-state index in [0.717, 1.165) is 11.4 Å². The molecule has 0 aliphatic carbocycles. The van der Waals surface area contributed by atoms with E-state index in [-0.39, 0.29) is 5.54 Å². The molecule has 19 heavy (non-hydrogen) atoms. The van der Waals surface area contributed by atoms with E-state index in [9.17, 15) is 5.11 Å². The molecule has 0 spiro atoms. The molecule has 4 nitrogen and oxygen atoms in total. The molecule has 2 aromatic rings. The molecule has 0 saturated heterocycles. The van der Waals surface area contributed by atoms with Crippen molar-refractivity contribution >= 4 is 0 Å². The highest BCUT2D eigenvalue weighted by molar-refractivity contribution is 5.33. The second-order valence-corrected chi connectivity index (χ2v) is 5.45. The highest BCUT2D eigenvalue weighted by Crippen LogP contribution is 2.30. The summed E-state index contributed by atoms with van der Waals surface area (Å²) in [7, 11) is 3.93. The van der Waals surface area contributed by atoms with Crippen LogP contribution in [0.2, 0.25) is 0 Å².